The number of benzene rings is 1. The van der Waals surface area contributed by atoms with Crippen LogP contribution < -0.4 is 16.0 Å². The lowest BCUT2D eigenvalue weighted by Gasteiger charge is -2.27. The summed E-state index contributed by atoms with van der Waals surface area (Å²) in [6, 6.07) is 4.21. The van der Waals surface area contributed by atoms with Crippen molar-refractivity contribution in [2.24, 2.45) is 7.05 Å². The van der Waals surface area contributed by atoms with Gasteiger partial charge in [0, 0.05) is 20.0 Å². The van der Waals surface area contributed by atoms with Gasteiger partial charge in [0.25, 0.3) is 11.8 Å². The number of anilines is 1. The van der Waals surface area contributed by atoms with E-state index in [4.69, 9.17) is 0 Å². The van der Waals surface area contributed by atoms with Gasteiger partial charge in [0.05, 0.1) is 17.2 Å². The van der Waals surface area contributed by atoms with E-state index in [0.717, 1.165) is 30.1 Å². The van der Waals surface area contributed by atoms with Gasteiger partial charge < -0.3 is 10.6 Å². The molecule has 1 aromatic carbocycles. The van der Waals surface area contributed by atoms with Crippen LogP contribution in [0.4, 0.5) is 5.95 Å². The molecule has 2 atom stereocenters. The lowest BCUT2D eigenvalue weighted by Crippen LogP contribution is -2.54. The van der Waals surface area contributed by atoms with Gasteiger partial charge in [-0.05, 0) is 37.4 Å². The standard InChI is InChI=1S/C21H23N7O4/c1-27-21(25-17(26-27)13-6-3-9-22-13)23-10-11-4-2-5-12-16(11)20(32)28(19(12)31)14-7-8-15(29)24-18(14)30/h2,4-5,13-14,22H,3,6-10H2,1H3,(H,23,25,26)(H,24,29,30)/t13-,14?/m1/s1. The van der Waals surface area contributed by atoms with Crippen molar-refractivity contribution in [1.82, 2.24) is 30.3 Å². The number of aryl methyl sites for hydroxylation is 1. The molecule has 1 unspecified atom stereocenters. The molecule has 11 nitrogen and oxygen atoms in total. The zero-order valence-corrected chi connectivity index (χ0v) is 17.6. The van der Waals surface area contributed by atoms with Crippen molar-refractivity contribution in [2.45, 2.75) is 44.3 Å². The SMILES string of the molecule is Cn1nc([C@H]2CCCN2)nc1NCc1cccc2c1C(=O)N(C1CCC(=O)NC1=O)C2=O. The Morgan fingerprint density at radius 2 is 2.00 bits per heavy atom. The van der Waals surface area contributed by atoms with Crippen LogP contribution >= 0.6 is 0 Å². The average Bonchev–Trinajstić information content (AvgIpc) is 3.48. The fourth-order valence-corrected chi connectivity index (χ4v) is 4.52. The van der Waals surface area contributed by atoms with Gasteiger partial charge in [-0.15, -0.1) is 0 Å². The molecule has 2 aromatic rings. The van der Waals surface area contributed by atoms with E-state index in [1.165, 1.54) is 0 Å². The van der Waals surface area contributed by atoms with Gasteiger partial charge in [-0.3, -0.25) is 29.4 Å². The van der Waals surface area contributed by atoms with Gasteiger partial charge in [-0.25, -0.2) is 4.68 Å². The summed E-state index contributed by atoms with van der Waals surface area (Å²) < 4.78 is 1.65. The van der Waals surface area contributed by atoms with Crippen molar-refractivity contribution in [2.75, 3.05) is 11.9 Å². The molecular formula is C21H23N7O4. The van der Waals surface area contributed by atoms with Crippen LogP contribution in [0.15, 0.2) is 18.2 Å². The van der Waals surface area contributed by atoms with E-state index in [-0.39, 0.29) is 36.6 Å². The number of imide groups is 2. The normalized spacial score (nSPS) is 23.0. The number of nitrogens with one attached hydrogen (secondary N) is 3. The van der Waals surface area contributed by atoms with Gasteiger partial charge in [0.1, 0.15) is 6.04 Å². The monoisotopic (exact) mass is 437 g/mol. The van der Waals surface area contributed by atoms with Crippen LogP contribution in [0.5, 0.6) is 0 Å². The first-order valence-electron chi connectivity index (χ1n) is 10.7. The molecule has 1 aromatic heterocycles. The molecule has 3 aliphatic heterocycles. The van der Waals surface area contributed by atoms with E-state index in [0.29, 0.717) is 11.5 Å². The highest BCUT2D eigenvalue weighted by molar-refractivity contribution is 6.24. The predicted molar refractivity (Wildman–Crippen MR) is 111 cm³/mol. The average molecular weight is 437 g/mol. The van der Waals surface area contributed by atoms with Crippen LogP contribution in [0.25, 0.3) is 0 Å². The topological polar surface area (TPSA) is 138 Å². The second-order valence-corrected chi connectivity index (χ2v) is 8.21. The summed E-state index contributed by atoms with van der Waals surface area (Å²) >= 11 is 0. The van der Waals surface area contributed by atoms with E-state index in [2.05, 4.69) is 26.0 Å². The molecule has 166 valence electrons. The molecule has 0 spiro atoms. The molecule has 0 saturated carbocycles. The maximum Gasteiger partial charge on any atom is 0.262 e. The molecule has 5 rings (SSSR count). The number of carbonyl (C=O) groups excluding carboxylic acids is 4. The highest BCUT2D eigenvalue weighted by atomic mass is 16.2. The summed E-state index contributed by atoms with van der Waals surface area (Å²) in [5.41, 5.74) is 1.15. The Hall–Kier alpha value is -3.60. The fraction of sp³-hybridized carbons (Fsp3) is 0.429. The molecule has 0 aliphatic carbocycles. The minimum atomic E-state index is -0.985. The molecule has 3 N–H and O–H groups in total. The van der Waals surface area contributed by atoms with Crippen LogP contribution in [-0.2, 0) is 23.2 Å². The zero-order valence-electron chi connectivity index (χ0n) is 17.6. The largest absolute Gasteiger partial charge is 0.350 e. The molecule has 4 heterocycles. The summed E-state index contributed by atoms with van der Waals surface area (Å²) in [5.74, 6) is -0.780. The highest BCUT2D eigenvalue weighted by Crippen LogP contribution is 2.30. The van der Waals surface area contributed by atoms with E-state index < -0.39 is 29.7 Å². The third kappa shape index (κ3) is 3.34. The van der Waals surface area contributed by atoms with Crippen molar-refractivity contribution < 1.29 is 19.2 Å². The Bertz CT molecular complexity index is 1140. The Morgan fingerprint density at radius 3 is 2.75 bits per heavy atom. The minimum Gasteiger partial charge on any atom is -0.350 e. The predicted octanol–water partition coefficient (Wildman–Crippen LogP) is 0.253. The number of rotatable bonds is 5. The quantitative estimate of drug-likeness (QED) is 0.566. The Morgan fingerprint density at radius 1 is 1.16 bits per heavy atom. The summed E-state index contributed by atoms with van der Waals surface area (Å²) in [5, 5.41) is 13.2. The molecule has 4 amide bonds. The molecule has 32 heavy (non-hydrogen) atoms. The van der Waals surface area contributed by atoms with Gasteiger partial charge in [0.15, 0.2) is 5.82 Å². The van der Waals surface area contributed by atoms with E-state index in [9.17, 15) is 19.2 Å². The second-order valence-electron chi connectivity index (χ2n) is 8.21. The minimum absolute atomic E-state index is 0.0859. The number of nitrogens with zero attached hydrogens (tertiary/aromatic N) is 4. The first kappa shape index (κ1) is 20.3. The molecule has 0 bridgehead atoms. The second kappa shape index (κ2) is 7.83. The van der Waals surface area contributed by atoms with Crippen molar-refractivity contribution >= 4 is 29.6 Å². The van der Waals surface area contributed by atoms with Gasteiger partial charge in [0.2, 0.25) is 17.8 Å². The number of aromatic nitrogens is 3. The first-order valence-corrected chi connectivity index (χ1v) is 10.7. The number of piperidine rings is 1. The van der Waals surface area contributed by atoms with Crippen molar-refractivity contribution in [3.63, 3.8) is 0 Å². The summed E-state index contributed by atoms with van der Waals surface area (Å²) in [6.45, 7) is 1.21. The highest BCUT2D eigenvalue weighted by Gasteiger charge is 2.45. The van der Waals surface area contributed by atoms with Crippen LogP contribution in [0.2, 0.25) is 0 Å². The summed E-state index contributed by atoms with van der Waals surface area (Å²) in [6.07, 6.45) is 2.29. The number of amides is 4. The summed E-state index contributed by atoms with van der Waals surface area (Å²) in [4.78, 5) is 55.4. The molecule has 2 fully saturated rings. The lowest BCUT2D eigenvalue weighted by molar-refractivity contribution is -0.136. The molecule has 2 saturated heterocycles. The third-order valence-corrected chi connectivity index (χ3v) is 6.14. The molecule has 11 heteroatoms. The Kier molecular flexibility index (Phi) is 4.97. The van der Waals surface area contributed by atoms with Crippen LogP contribution in [0.3, 0.4) is 0 Å². The zero-order chi connectivity index (χ0) is 22.4. The maximum atomic E-state index is 13.2. The smallest absolute Gasteiger partial charge is 0.262 e. The number of carbonyl (C=O) groups is 4. The first-order chi connectivity index (χ1) is 15.4. The van der Waals surface area contributed by atoms with E-state index >= 15 is 0 Å². The van der Waals surface area contributed by atoms with Crippen molar-refractivity contribution in [1.29, 1.82) is 0 Å². The number of hydrogen-bond acceptors (Lipinski definition) is 8. The fourth-order valence-electron chi connectivity index (χ4n) is 4.52. The Labute approximate surface area is 183 Å². The van der Waals surface area contributed by atoms with Crippen LogP contribution in [0, 0.1) is 0 Å². The van der Waals surface area contributed by atoms with Crippen LogP contribution in [0.1, 0.15) is 63.8 Å². The maximum absolute atomic E-state index is 13.2. The van der Waals surface area contributed by atoms with Crippen molar-refractivity contribution in [3.05, 3.63) is 40.7 Å². The molecular weight excluding hydrogens is 414 g/mol. The third-order valence-electron chi connectivity index (χ3n) is 6.14. The molecule has 0 radical (unpaired) electrons. The van der Waals surface area contributed by atoms with E-state index in [1.807, 2.05) is 0 Å². The van der Waals surface area contributed by atoms with Gasteiger partial charge in [-0.2, -0.15) is 10.1 Å². The number of fused-ring (bicyclic) bond motifs is 1. The summed E-state index contributed by atoms with van der Waals surface area (Å²) in [7, 11) is 1.79. The van der Waals surface area contributed by atoms with E-state index in [1.54, 1.807) is 29.9 Å². The number of hydrogen-bond donors (Lipinski definition) is 3. The lowest BCUT2D eigenvalue weighted by atomic mass is 10.0. The van der Waals surface area contributed by atoms with Crippen molar-refractivity contribution in [3.8, 4) is 0 Å². The van der Waals surface area contributed by atoms with Gasteiger partial charge >= 0.3 is 0 Å². The van der Waals surface area contributed by atoms with Crippen LogP contribution in [-0.4, -0.2) is 55.9 Å². The molecule has 3 aliphatic rings. The van der Waals surface area contributed by atoms with Gasteiger partial charge in [-0.1, -0.05) is 12.1 Å². The Balaban J connectivity index is 1.37.